The van der Waals surface area contributed by atoms with E-state index in [0.29, 0.717) is 12.5 Å². The molecule has 0 aliphatic heterocycles. The van der Waals surface area contributed by atoms with Crippen LogP contribution in [-0.4, -0.2) is 8.52 Å². The standard InChI is InChI=1S/C19H24N2O2S/c22-18-20(13-14-7-2-1-3-8-14)19(23)24-21(18)17-12-6-10-15-9-4-5-11-16(15)17/h1-3,7-8,15-17H,4-6,9-13H2. The summed E-state index contributed by atoms with van der Waals surface area (Å²) < 4.78 is 3.22. The van der Waals surface area contributed by atoms with E-state index in [1.807, 2.05) is 34.3 Å². The van der Waals surface area contributed by atoms with Gasteiger partial charge < -0.3 is 0 Å². The van der Waals surface area contributed by atoms with E-state index in [1.165, 1.54) is 43.1 Å². The fraction of sp³-hybridized carbons (Fsp3) is 0.579. The molecule has 0 spiro atoms. The summed E-state index contributed by atoms with van der Waals surface area (Å²) in [5.41, 5.74) is 0.894. The van der Waals surface area contributed by atoms with E-state index in [0.717, 1.165) is 29.4 Å². The van der Waals surface area contributed by atoms with E-state index in [1.54, 1.807) is 0 Å². The second-order valence-corrected chi connectivity index (χ2v) is 8.17. The van der Waals surface area contributed by atoms with E-state index < -0.39 is 0 Å². The zero-order valence-electron chi connectivity index (χ0n) is 13.9. The van der Waals surface area contributed by atoms with Crippen LogP contribution in [-0.2, 0) is 6.54 Å². The zero-order chi connectivity index (χ0) is 16.5. The first-order valence-corrected chi connectivity index (χ1v) is 9.88. The smallest absolute Gasteiger partial charge is 0.255 e. The highest BCUT2D eigenvalue weighted by molar-refractivity contribution is 7.03. The van der Waals surface area contributed by atoms with Gasteiger partial charge in [-0.1, -0.05) is 62.4 Å². The molecule has 2 saturated carbocycles. The minimum atomic E-state index is -0.123. The number of fused-ring (bicyclic) bond motifs is 1. The molecule has 5 heteroatoms. The van der Waals surface area contributed by atoms with Crippen LogP contribution in [0, 0.1) is 11.8 Å². The lowest BCUT2D eigenvalue weighted by atomic mass is 9.68. The number of nitrogens with zero attached hydrogens (tertiary/aromatic N) is 2. The molecule has 1 aromatic heterocycles. The molecule has 3 atom stereocenters. The molecule has 0 N–H and O–H groups in total. The molecule has 4 nitrogen and oxygen atoms in total. The van der Waals surface area contributed by atoms with Gasteiger partial charge in [0.1, 0.15) is 0 Å². The van der Waals surface area contributed by atoms with Gasteiger partial charge in [0.05, 0.1) is 12.6 Å². The van der Waals surface area contributed by atoms with Crippen LogP contribution in [0.15, 0.2) is 39.9 Å². The Labute approximate surface area is 145 Å². The minimum Gasteiger partial charge on any atom is -0.255 e. The number of hydrogen-bond acceptors (Lipinski definition) is 3. The van der Waals surface area contributed by atoms with Crippen LogP contribution in [0.4, 0.5) is 0 Å². The molecule has 0 radical (unpaired) electrons. The van der Waals surface area contributed by atoms with Crippen LogP contribution < -0.4 is 10.6 Å². The summed E-state index contributed by atoms with van der Waals surface area (Å²) in [5.74, 6) is 1.35. The Hall–Kier alpha value is -1.62. The molecule has 4 rings (SSSR count). The maximum absolute atomic E-state index is 12.9. The average molecular weight is 344 g/mol. The maximum atomic E-state index is 12.9. The van der Waals surface area contributed by atoms with E-state index >= 15 is 0 Å². The first-order chi connectivity index (χ1) is 11.7. The molecule has 2 aliphatic rings. The zero-order valence-corrected chi connectivity index (χ0v) is 14.7. The fourth-order valence-electron chi connectivity index (χ4n) is 4.67. The van der Waals surface area contributed by atoms with Crippen molar-refractivity contribution in [3.8, 4) is 0 Å². The van der Waals surface area contributed by atoms with Gasteiger partial charge in [-0.3, -0.25) is 4.79 Å². The van der Waals surface area contributed by atoms with Crippen molar-refractivity contribution in [2.45, 2.75) is 57.5 Å². The summed E-state index contributed by atoms with van der Waals surface area (Å²) in [6.07, 6.45) is 8.65. The van der Waals surface area contributed by atoms with Crippen LogP contribution in [0.1, 0.15) is 56.6 Å². The van der Waals surface area contributed by atoms with Gasteiger partial charge in [-0.15, -0.1) is 0 Å². The molecule has 2 aliphatic carbocycles. The van der Waals surface area contributed by atoms with E-state index in [-0.39, 0.29) is 16.6 Å². The van der Waals surface area contributed by atoms with Gasteiger partial charge in [0, 0.05) is 11.5 Å². The number of benzene rings is 1. The van der Waals surface area contributed by atoms with Crippen LogP contribution in [0.2, 0.25) is 0 Å². The summed E-state index contributed by atoms with van der Waals surface area (Å²) in [7, 11) is 0. The van der Waals surface area contributed by atoms with E-state index in [2.05, 4.69) is 0 Å². The predicted molar refractivity (Wildman–Crippen MR) is 96.7 cm³/mol. The van der Waals surface area contributed by atoms with Crippen LogP contribution in [0.3, 0.4) is 0 Å². The van der Waals surface area contributed by atoms with Crippen LogP contribution in [0.5, 0.6) is 0 Å². The maximum Gasteiger partial charge on any atom is 0.341 e. The third-order valence-corrected chi connectivity index (χ3v) is 6.84. The fourth-order valence-corrected chi connectivity index (χ4v) is 5.66. The molecule has 1 aromatic carbocycles. The molecule has 128 valence electrons. The lowest BCUT2D eigenvalue weighted by Gasteiger charge is -2.41. The number of hydrogen-bond donors (Lipinski definition) is 0. The lowest BCUT2D eigenvalue weighted by Crippen LogP contribution is -2.37. The Morgan fingerprint density at radius 3 is 2.54 bits per heavy atom. The SMILES string of the molecule is O=c1sn(C2CCCC3CCCCC32)c(=O)n1Cc1ccccc1. The molecule has 3 unspecified atom stereocenters. The third-order valence-electron chi connectivity index (χ3n) is 5.84. The van der Waals surface area contributed by atoms with Crippen LogP contribution in [0.25, 0.3) is 0 Å². The first-order valence-electron chi connectivity index (χ1n) is 9.10. The number of aromatic nitrogens is 2. The highest BCUT2D eigenvalue weighted by atomic mass is 32.1. The molecular weight excluding hydrogens is 320 g/mol. The second kappa shape index (κ2) is 6.71. The molecule has 2 fully saturated rings. The Bertz CT molecular complexity index is 803. The van der Waals surface area contributed by atoms with Gasteiger partial charge in [-0.05, 0) is 30.2 Å². The van der Waals surface area contributed by atoms with Gasteiger partial charge in [0.2, 0.25) is 0 Å². The molecule has 0 bridgehead atoms. The number of rotatable bonds is 3. The molecule has 2 aromatic rings. The minimum absolute atomic E-state index is 0.106. The van der Waals surface area contributed by atoms with E-state index in [4.69, 9.17) is 0 Å². The highest BCUT2D eigenvalue weighted by Gasteiger charge is 2.37. The Balaban J connectivity index is 1.65. The molecule has 1 heterocycles. The molecule has 0 saturated heterocycles. The highest BCUT2D eigenvalue weighted by Crippen LogP contribution is 2.45. The summed E-state index contributed by atoms with van der Waals surface area (Å²) in [6.45, 7) is 0.378. The Kier molecular flexibility index (Phi) is 4.44. The third kappa shape index (κ3) is 2.90. The summed E-state index contributed by atoms with van der Waals surface area (Å²) >= 11 is 1.13. The summed E-state index contributed by atoms with van der Waals surface area (Å²) in [5, 5.41) is 0. The van der Waals surface area contributed by atoms with Crippen molar-refractivity contribution in [2.24, 2.45) is 11.8 Å². The Morgan fingerprint density at radius 1 is 0.958 bits per heavy atom. The van der Waals surface area contributed by atoms with Gasteiger partial charge in [-0.2, -0.15) is 0 Å². The normalized spacial score (nSPS) is 26.9. The van der Waals surface area contributed by atoms with Gasteiger partial charge in [0.15, 0.2) is 0 Å². The largest absolute Gasteiger partial charge is 0.341 e. The summed E-state index contributed by atoms with van der Waals surface area (Å²) in [6, 6.07) is 10.0. The Morgan fingerprint density at radius 2 is 1.71 bits per heavy atom. The van der Waals surface area contributed by atoms with E-state index in [9.17, 15) is 9.59 Å². The molecular formula is C19H24N2O2S. The second-order valence-electron chi connectivity index (χ2n) is 7.24. The molecule has 0 amide bonds. The lowest BCUT2D eigenvalue weighted by molar-refractivity contribution is 0.112. The average Bonchev–Trinajstić information content (AvgIpc) is 2.90. The van der Waals surface area contributed by atoms with Crippen molar-refractivity contribution >= 4 is 11.5 Å². The first kappa shape index (κ1) is 15.9. The monoisotopic (exact) mass is 344 g/mol. The molecule has 24 heavy (non-hydrogen) atoms. The topological polar surface area (TPSA) is 44.0 Å². The van der Waals surface area contributed by atoms with Crippen molar-refractivity contribution in [3.05, 3.63) is 56.0 Å². The summed E-state index contributed by atoms with van der Waals surface area (Å²) in [4.78, 5) is 25.2. The van der Waals surface area contributed by atoms with Gasteiger partial charge in [-0.25, -0.2) is 13.3 Å². The van der Waals surface area contributed by atoms with Crippen molar-refractivity contribution < 1.29 is 0 Å². The van der Waals surface area contributed by atoms with Crippen molar-refractivity contribution in [1.82, 2.24) is 8.52 Å². The van der Waals surface area contributed by atoms with Crippen molar-refractivity contribution in [2.75, 3.05) is 0 Å². The predicted octanol–water partition coefficient (Wildman–Crippen LogP) is 3.65. The quantitative estimate of drug-likeness (QED) is 0.853. The van der Waals surface area contributed by atoms with Gasteiger partial charge >= 0.3 is 10.6 Å². The van der Waals surface area contributed by atoms with Crippen molar-refractivity contribution in [3.63, 3.8) is 0 Å². The van der Waals surface area contributed by atoms with Gasteiger partial charge in [0.25, 0.3) is 0 Å². The van der Waals surface area contributed by atoms with Crippen LogP contribution >= 0.6 is 11.5 Å². The van der Waals surface area contributed by atoms with Crippen molar-refractivity contribution in [1.29, 1.82) is 0 Å².